The average molecular weight is 224 g/mol. The summed E-state index contributed by atoms with van der Waals surface area (Å²) in [6.07, 6.45) is 1.86. The smallest absolute Gasteiger partial charge is 0.258 e. The summed E-state index contributed by atoms with van der Waals surface area (Å²) in [6.45, 7) is 7.33. The molecule has 1 unspecified atom stereocenters. The van der Waals surface area contributed by atoms with Crippen molar-refractivity contribution in [3.8, 4) is 0 Å². The molecule has 1 heterocycles. The number of rotatable bonds is 3. The van der Waals surface area contributed by atoms with Crippen molar-refractivity contribution in [2.45, 2.75) is 25.8 Å². The number of hydrogen-bond acceptors (Lipinski definition) is 3. The molecule has 0 N–H and O–H groups in total. The van der Waals surface area contributed by atoms with Gasteiger partial charge in [-0.2, -0.15) is 0 Å². The minimum absolute atomic E-state index is 0.0764. The van der Waals surface area contributed by atoms with Gasteiger partial charge < -0.3 is 0 Å². The Balaban J connectivity index is 2.78. The monoisotopic (exact) mass is 223 g/mol. The SMILES string of the molecule is C=C(C1CCCN1CC)S(=O)(=O)Cl. The van der Waals surface area contributed by atoms with E-state index < -0.39 is 9.05 Å². The Morgan fingerprint density at radius 1 is 1.69 bits per heavy atom. The first kappa shape index (κ1) is 11.0. The van der Waals surface area contributed by atoms with Crippen LogP contribution in [0, 0.1) is 0 Å². The molecule has 0 aromatic rings. The molecule has 13 heavy (non-hydrogen) atoms. The lowest BCUT2D eigenvalue weighted by Gasteiger charge is -2.22. The Bertz CT molecular complexity index is 299. The Labute approximate surface area is 83.8 Å². The van der Waals surface area contributed by atoms with Gasteiger partial charge in [-0.15, -0.1) is 0 Å². The molecule has 1 aliphatic heterocycles. The Morgan fingerprint density at radius 3 is 2.77 bits per heavy atom. The van der Waals surface area contributed by atoms with Crippen molar-refractivity contribution in [2.75, 3.05) is 13.1 Å². The zero-order chi connectivity index (χ0) is 10.1. The second-order valence-electron chi connectivity index (χ2n) is 3.19. The van der Waals surface area contributed by atoms with Crippen LogP contribution in [0.4, 0.5) is 0 Å². The van der Waals surface area contributed by atoms with Crippen molar-refractivity contribution in [1.82, 2.24) is 4.90 Å². The van der Waals surface area contributed by atoms with E-state index in [-0.39, 0.29) is 10.9 Å². The lowest BCUT2D eigenvalue weighted by molar-refractivity contribution is 0.302. The molecule has 1 rings (SSSR count). The first-order valence-corrected chi connectivity index (χ1v) is 6.65. The highest BCUT2D eigenvalue weighted by Crippen LogP contribution is 2.27. The molecule has 1 aliphatic rings. The van der Waals surface area contributed by atoms with Crippen molar-refractivity contribution in [1.29, 1.82) is 0 Å². The maximum atomic E-state index is 11.0. The standard InChI is InChI=1S/C8H14ClNO2S/c1-3-10-6-4-5-8(10)7(2)13(9,11)12/h8H,2-6H2,1H3. The first-order valence-electron chi connectivity index (χ1n) is 4.34. The highest BCUT2D eigenvalue weighted by atomic mass is 35.7. The van der Waals surface area contributed by atoms with Gasteiger partial charge in [-0.25, -0.2) is 8.42 Å². The maximum absolute atomic E-state index is 11.0. The van der Waals surface area contributed by atoms with Crippen molar-refractivity contribution in [3.63, 3.8) is 0 Å². The number of hydrogen-bond donors (Lipinski definition) is 0. The topological polar surface area (TPSA) is 37.4 Å². The molecule has 5 heteroatoms. The van der Waals surface area contributed by atoms with Crippen LogP contribution < -0.4 is 0 Å². The maximum Gasteiger partial charge on any atom is 0.258 e. The van der Waals surface area contributed by atoms with Gasteiger partial charge in [-0.05, 0) is 25.9 Å². The molecule has 3 nitrogen and oxygen atoms in total. The Kier molecular flexibility index (Phi) is 3.38. The van der Waals surface area contributed by atoms with E-state index in [0.29, 0.717) is 0 Å². The molecule has 0 saturated carbocycles. The summed E-state index contributed by atoms with van der Waals surface area (Å²) in [7, 11) is 1.64. The van der Waals surface area contributed by atoms with E-state index in [1.165, 1.54) is 0 Å². The highest BCUT2D eigenvalue weighted by molar-refractivity contribution is 8.16. The predicted molar refractivity (Wildman–Crippen MR) is 54.2 cm³/mol. The summed E-state index contributed by atoms with van der Waals surface area (Å²) >= 11 is 0. The number of likely N-dealkylation sites (tertiary alicyclic amines) is 1. The first-order chi connectivity index (χ1) is 5.96. The number of nitrogens with zero attached hydrogens (tertiary/aromatic N) is 1. The molecule has 0 bridgehead atoms. The fraction of sp³-hybridized carbons (Fsp3) is 0.750. The summed E-state index contributed by atoms with van der Waals surface area (Å²) in [4.78, 5) is 2.23. The molecule has 0 radical (unpaired) electrons. The largest absolute Gasteiger partial charge is 0.296 e. The predicted octanol–water partition coefficient (Wildman–Crippen LogP) is 1.55. The zero-order valence-corrected chi connectivity index (χ0v) is 9.24. The molecule has 0 aromatic carbocycles. The molecule has 0 spiro atoms. The van der Waals surface area contributed by atoms with Gasteiger partial charge in [0.05, 0.1) is 4.91 Å². The lowest BCUT2D eigenvalue weighted by atomic mass is 10.2. The Morgan fingerprint density at radius 2 is 2.31 bits per heavy atom. The Hall–Kier alpha value is -0.0600. The summed E-state index contributed by atoms with van der Waals surface area (Å²) in [5, 5.41) is 0. The fourth-order valence-corrected chi connectivity index (χ4v) is 2.63. The minimum Gasteiger partial charge on any atom is -0.296 e. The van der Waals surface area contributed by atoms with Crippen LogP contribution in [-0.2, 0) is 9.05 Å². The van der Waals surface area contributed by atoms with E-state index in [1.807, 2.05) is 6.92 Å². The summed E-state index contributed by atoms with van der Waals surface area (Å²) in [5.74, 6) is 0. The molecule has 76 valence electrons. The van der Waals surface area contributed by atoms with Crippen LogP contribution >= 0.6 is 10.7 Å². The number of likely N-dealkylation sites (N-methyl/N-ethyl adjacent to an activating group) is 1. The quantitative estimate of drug-likeness (QED) is 0.682. The van der Waals surface area contributed by atoms with E-state index in [4.69, 9.17) is 10.7 Å². The normalized spacial score (nSPS) is 24.9. The average Bonchev–Trinajstić information content (AvgIpc) is 2.48. The van der Waals surface area contributed by atoms with E-state index in [1.54, 1.807) is 0 Å². The zero-order valence-electron chi connectivity index (χ0n) is 7.66. The van der Waals surface area contributed by atoms with E-state index in [0.717, 1.165) is 25.9 Å². The van der Waals surface area contributed by atoms with Gasteiger partial charge in [0.1, 0.15) is 0 Å². The second kappa shape index (κ2) is 3.98. The molecule has 1 saturated heterocycles. The third-order valence-electron chi connectivity index (χ3n) is 2.45. The molecule has 1 fully saturated rings. The van der Waals surface area contributed by atoms with Crippen molar-refractivity contribution in [3.05, 3.63) is 11.5 Å². The molecule has 0 aromatic heterocycles. The molecule has 0 amide bonds. The van der Waals surface area contributed by atoms with Crippen LogP contribution in [0.5, 0.6) is 0 Å². The van der Waals surface area contributed by atoms with E-state index >= 15 is 0 Å². The van der Waals surface area contributed by atoms with Gasteiger partial charge in [0.15, 0.2) is 0 Å². The second-order valence-corrected chi connectivity index (χ2v) is 5.81. The molecule has 1 atom stereocenters. The van der Waals surface area contributed by atoms with Crippen LogP contribution in [0.1, 0.15) is 19.8 Å². The van der Waals surface area contributed by atoms with Gasteiger partial charge in [0, 0.05) is 16.7 Å². The number of halogens is 1. The van der Waals surface area contributed by atoms with Crippen LogP contribution in [0.25, 0.3) is 0 Å². The van der Waals surface area contributed by atoms with Crippen molar-refractivity contribution >= 4 is 19.7 Å². The fourth-order valence-electron chi connectivity index (χ4n) is 1.73. The van der Waals surface area contributed by atoms with Gasteiger partial charge in [-0.3, -0.25) is 4.90 Å². The van der Waals surface area contributed by atoms with Crippen LogP contribution in [-0.4, -0.2) is 32.4 Å². The van der Waals surface area contributed by atoms with Crippen molar-refractivity contribution < 1.29 is 8.42 Å². The molecular formula is C8H14ClNO2S. The van der Waals surface area contributed by atoms with Crippen molar-refractivity contribution in [2.24, 2.45) is 0 Å². The van der Waals surface area contributed by atoms with Gasteiger partial charge in [0.2, 0.25) is 0 Å². The van der Waals surface area contributed by atoms with Gasteiger partial charge in [0.25, 0.3) is 9.05 Å². The summed E-state index contributed by atoms with van der Waals surface area (Å²) < 4.78 is 22.0. The van der Waals surface area contributed by atoms with Gasteiger partial charge >= 0.3 is 0 Å². The minimum atomic E-state index is -3.59. The summed E-state index contributed by atoms with van der Waals surface area (Å²) in [6, 6.07) is -0.0764. The van der Waals surface area contributed by atoms with Gasteiger partial charge in [-0.1, -0.05) is 13.5 Å². The lowest BCUT2D eigenvalue weighted by Crippen LogP contribution is -2.31. The van der Waals surface area contributed by atoms with Crippen LogP contribution in [0.2, 0.25) is 0 Å². The summed E-state index contributed by atoms with van der Waals surface area (Å²) in [5.41, 5.74) is 0. The van der Waals surface area contributed by atoms with Crippen LogP contribution in [0.15, 0.2) is 11.5 Å². The molecular weight excluding hydrogens is 210 g/mol. The van der Waals surface area contributed by atoms with E-state index in [9.17, 15) is 8.42 Å². The third-order valence-corrected chi connectivity index (χ3v) is 3.95. The molecule has 0 aliphatic carbocycles. The highest BCUT2D eigenvalue weighted by Gasteiger charge is 2.30. The third kappa shape index (κ3) is 2.45. The van der Waals surface area contributed by atoms with E-state index in [2.05, 4.69) is 11.5 Å². The van der Waals surface area contributed by atoms with Crippen LogP contribution in [0.3, 0.4) is 0 Å².